The molecule has 7 heteroatoms. The van der Waals surface area contributed by atoms with Crippen molar-refractivity contribution in [1.29, 1.82) is 0 Å². The molecule has 3 rings (SSSR count). The van der Waals surface area contributed by atoms with Gasteiger partial charge in [-0.05, 0) is 45.0 Å². The fraction of sp³-hybridized carbons (Fsp3) is 0.579. The van der Waals surface area contributed by atoms with Crippen LogP contribution in [0.3, 0.4) is 0 Å². The number of aryl methyl sites for hydroxylation is 1. The van der Waals surface area contributed by atoms with Crippen LogP contribution in [0.25, 0.3) is 0 Å². The predicted octanol–water partition coefficient (Wildman–Crippen LogP) is 1.47. The van der Waals surface area contributed by atoms with E-state index in [1.54, 1.807) is 7.11 Å². The molecule has 2 heterocycles. The number of amides is 2. The van der Waals surface area contributed by atoms with Crippen LogP contribution in [0.1, 0.15) is 28.8 Å². The third-order valence-corrected chi connectivity index (χ3v) is 5.34. The maximum Gasteiger partial charge on any atom is 0.255 e. The number of hydrogen-bond donors (Lipinski definition) is 1. The van der Waals surface area contributed by atoms with Gasteiger partial charge in [0.15, 0.2) is 0 Å². The minimum absolute atomic E-state index is 0. The molecule has 0 aromatic heterocycles. The lowest BCUT2D eigenvalue weighted by Gasteiger charge is -2.42. The van der Waals surface area contributed by atoms with Crippen molar-refractivity contribution in [3.8, 4) is 0 Å². The Balaban J connectivity index is 0.00000243. The average molecular weight is 382 g/mol. The molecule has 0 saturated carbocycles. The number of methoxy groups -OCH3 is 1. The molecule has 26 heavy (non-hydrogen) atoms. The summed E-state index contributed by atoms with van der Waals surface area (Å²) in [5.74, 6) is 0.106. The number of rotatable bonds is 3. The molecule has 2 saturated heterocycles. The van der Waals surface area contributed by atoms with Crippen LogP contribution in [-0.2, 0) is 9.53 Å². The van der Waals surface area contributed by atoms with Gasteiger partial charge in [0.05, 0.1) is 0 Å². The Labute approximate surface area is 161 Å². The second-order valence-electron chi connectivity index (χ2n) is 6.90. The minimum atomic E-state index is -0.700. The number of nitrogens with one attached hydrogen (secondary N) is 1. The average Bonchev–Trinajstić information content (AvgIpc) is 2.68. The zero-order valence-corrected chi connectivity index (χ0v) is 16.3. The van der Waals surface area contributed by atoms with E-state index < -0.39 is 5.60 Å². The predicted molar refractivity (Wildman–Crippen MR) is 103 cm³/mol. The summed E-state index contributed by atoms with van der Waals surface area (Å²) in [6, 6.07) is 7.63. The first-order valence-electron chi connectivity index (χ1n) is 8.97. The van der Waals surface area contributed by atoms with Crippen molar-refractivity contribution in [2.45, 2.75) is 25.4 Å². The Morgan fingerprint density at radius 1 is 1.00 bits per heavy atom. The van der Waals surface area contributed by atoms with Crippen molar-refractivity contribution in [3.63, 3.8) is 0 Å². The number of benzene rings is 1. The number of ether oxygens (including phenoxy) is 1. The first-order chi connectivity index (χ1) is 12.1. The van der Waals surface area contributed by atoms with E-state index in [-0.39, 0.29) is 24.2 Å². The lowest BCUT2D eigenvalue weighted by atomic mass is 9.90. The van der Waals surface area contributed by atoms with E-state index >= 15 is 0 Å². The van der Waals surface area contributed by atoms with Gasteiger partial charge in [-0.1, -0.05) is 17.7 Å². The van der Waals surface area contributed by atoms with E-state index in [0.29, 0.717) is 44.6 Å². The van der Waals surface area contributed by atoms with Gasteiger partial charge in [0.25, 0.3) is 11.8 Å². The van der Waals surface area contributed by atoms with Crippen LogP contribution in [0.2, 0.25) is 0 Å². The van der Waals surface area contributed by atoms with Crippen molar-refractivity contribution in [3.05, 3.63) is 35.4 Å². The first kappa shape index (κ1) is 20.7. The molecule has 2 fully saturated rings. The van der Waals surface area contributed by atoms with E-state index in [2.05, 4.69) is 5.32 Å². The molecule has 0 aliphatic carbocycles. The van der Waals surface area contributed by atoms with Crippen LogP contribution >= 0.6 is 12.4 Å². The lowest BCUT2D eigenvalue weighted by Crippen LogP contribution is -2.59. The topological polar surface area (TPSA) is 61.9 Å². The summed E-state index contributed by atoms with van der Waals surface area (Å²) in [5.41, 5.74) is 1.14. The zero-order valence-electron chi connectivity index (χ0n) is 15.5. The van der Waals surface area contributed by atoms with E-state index in [0.717, 1.165) is 18.7 Å². The molecule has 1 aromatic carbocycles. The molecule has 2 aliphatic heterocycles. The number of carbonyl (C=O) groups excluding carboxylic acids is 2. The summed E-state index contributed by atoms with van der Waals surface area (Å²) in [7, 11) is 1.63. The van der Waals surface area contributed by atoms with E-state index in [1.807, 2.05) is 41.0 Å². The molecule has 0 atom stereocenters. The van der Waals surface area contributed by atoms with Crippen LogP contribution in [0.5, 0.6) is 0 Å². The first-order valence-corrected chi connectivity index (χ1v) is 8.97. The molecular weight excluding hydrogens is 354 g/mol. The van der Waals surface area contributed by atoms with Crippen LogP contribution in [0.4, 0.5) is 0 Å². The van der Waals surface area contributed by atoms with Crippen molar-refractivity contribution in [1.82, 2.24) is 15.1 Å². The molecule has 6 nitrogen and oxygen atoms in total. The summed E-state index contributed by atoms with van der Waals surface area (Å²) >= 11 is 0. The second-order valence-corrected chi connectivity index (χ2v) is 6.90. The Morgan fingerprint density at radius 3 is 2.08 bits per heavy atom. The zero-order chi connectivity index (χ0) is 17.9. The van der Waals surface area contributed by atoms with Gasteiger partial charge < -0.3 is 19.9 Å². The Bertz CT molecular complexity index is 621. The highest BCUT2D eigenvalue weighted by Gasteiger charge is 2.43. The van der Waals surface area contributed by atoms with Crippen molar-refractivity contribution >= 4 is 24.2 Å². The molecule has 0 bridgehead atoms. The minimum Gasteiger partial charge on any atom is -0.368 e. The number of piperidine rings is 1. The van der Waals surface area contributed by atoms with E-state index in [9.17, 15) is 9.59 Å². The van der Waals surface area contributed by atoms with Gasteiger partial charge >= 0.3 is 0 Å². The maximum atomic E-state index is 13.0. The molecular formula is C19H28ClN3O3. The largest absolute Gasteiger partial charge is 0.368 e. The monoisotopic (exact) mass is 381 g/mol. The van der Waals surface area contributed by atoms with Crippen molar-refractivity contribution in [2.24, 2.45) is 0 Å². The quantitative estimate of drug-likeness (QED) is 0.861. The summed E-state index contributed by atoms with van der Waals surface area (Å²) in [5, 5.41) is 3.27. The standard InChI is InChI=1S/C19H27N3O3.ClH/c1-15-3-5-16(6-4-15)17(23)21-11-13-22(14-12-21)18(24)19(25-2)7-9-20-10-8-19;/h3-6,20H,7-14H2,1-2H3;1H. The summed E-state index contributed by atoms with van der Waals surface area (Å²) in [6.45, 7) is 5.86. The Hall–Kier alpha value is -1.63. The van der Waals surface area contributed by atoms with Gasteiger partial charge in [-0.25, -0.2) is 0 Å². The number of nitrogens with zero attached hydrogens (tertiary/aromatic N) is 2. The number of carbonyl (C=O) groups is 2. The highest BCUT2D eigenvalue weighted by molar-refractivity contribution is 5.94. The van der Waals surface area contributed by atoms with Gasteiger partial charge in [0.2, 0.25) is 0 Å². The molecule has 0 unspecified atom stereocenters. The van der Waals surface area contributed by atoms with Gasteiger partial charge in [-0.15, -0.1) is 12.4 Å². The van der Waals surface area contributed by atoms with Gasteiger partial charge in [-0.2, -0.15) is 0 Å². The number of halogens is 1. The van der Waals surface area contributed by atoms with E-state index in [1.165, 1.54) is 0 Å². The highest BCUT2D eigenvalue weighted by atomic mass is 35.5. The number of hydrogen-bond acceptors (Lipinski definition) is 4. The van der Waals surface area contributed by atoms with Crippen LogP contribution in [0.15, 0.2) is 24.3 Å². The molecule has 1 N–H and O–H groups in total. The summed E-state index contributed by atoms with van der Waals surface area (Å²) < 4.78 is 5.64. The third kappa shape index (κ3) is 4.19. The van der Waals surface area contributed by atoms with Gasteiger partial charge in [0, 0.05) is 38.9 Å². The molecule has 2 amide bonds. The molecule has 1 aromatic rings. The fourth-order valence-electron chi connectivity index (χ4n) is 3.62. The Kier molecular flexibility index (Phi) is 7.03. The normalized spacial score (nSPS) is 19.6. The van der Waals surface area contributed by atoms with Gasteiger partial charge in [-0.3, -0.25) is 9.59 Å². The maximum absolute atomic E-state index is 13.0. The molecule has 0 spiro atoms. The molecule has 0 radical (unpaired) electrons. The molecule has 2 aliphatic rings. The summed E-state index contributed by atoms with van der Waals surface area (Å²) in [6.07, 6.45) is 1.40. The van der Waals surface area contributed by atoms with Crippen molar-refractivity contribution in [2.75, 3.05) is 46.4 Å². The highest BCUT2D eigenvalue weighted by Crippen LogP contribution is 2.26. The third-order valence-electron chi connectivity index (χ3n) is 5.34. The second kappa shape index (κ2) is 8.84. The van der Waals surface area contributed by atoms with Gasteiger partial charge in [0.1, 0.15) is 5.60 Å². The van der Waals surface area contributed by atoms with Crippen LogP contribution in [-0.4, -0.2) is 73.6 Å². The van der Waals surface area contributed by atoms with Crippen LogP contribution < -0.4 is 5.32 Å². The van der Waals surface area contributed by atoms with Crippen LogP contribution in [0, 0.1) is 6.92 Å². The lowest BCUT2D eigenvalue weighted by molar-refractivity contribution is -0.159. The Morgan fingerprint density at radius 2 is 1.54 bits per heavy atom. The van der Waals surface area contributed by atoms with E-state index in [4.69, 9.17) is 4.74 Å². The SMILES string of the molecule is COC1(C(=O)N2CCN(C(=O)c3ccc(C)cc3)CC2)CCNCC1.Cl. The number of piperazine rings is 1. The smallest absolute Gasteiger partial charge is 0.255 e. The fourth-order valence-corrected chi connectivity index (χ4v) is 3.62. The van der Waals surface area contributed by atoms with Crippen molar-refractivity contribution < 1.29 is 14.3 Å². The summed E-state index contributed by atoms with van der Waals surface area (Å²) in [4.78, 5) is 29.2. The molecule has 144 valence electrons.